The molecule has 0 aromatic carbocycles. The zero-order valence-corrected chi connectivity index (χ0v) is 7.54. The lowest BCUT2D eigenvalue weighted by atomic mass is 10.4. The molecule has 0 atom stereocenters. The molecule has 0 bridgehead atoms. The first-order valence-corrected chi connectivity index (χ1v) is 4.04. The van der Waals surface area contributed by atoms with Crippen LogP contribution in [0.3, 0.4) is 0 Å². The van der Waals surface area contributed by atoms with Crippen molar-refractivity contribution in [2.45, 2.75) is 12.6 Å². The Morgan fingerprint density at radius 3 is 2.60 bits per heavy atom. The van der Waals surface area contributed by atoms with Gasteiger partial charge in [-0.3, -0.25) is 0 Å². The van der Waals surface area contributed by atoms with Crippen LogP contribution in [0.4, 0.5) is 19.0 Å². The van der Waals surface area contributed by atoms with Gasteiger partial charge in [-0.05, 0) is 0 Å². The summed E-state index contributed by atoms with van der Waals surface area (Å²) in [5.74, 6) is 0.0734. The van der Waals surface area contributed by atoms with E-state index in [2.05, 4.69) is 15.3 Å². The molecule has 1 aromatic heterocycles. The van der Waals surface area contributed by atoms with Gasteiger partial charge in [-0.25, -0.2) is 9.97 Å². The van der Waals surface area contributed by atoms with Gasteiger partial charge in [-0.1, -0.05) is 0 Å². The van der Waals surface area contributed by atoms with E-state index in [1.165, 1.54) is 12.4 Å². The molecule has 0 saturated carbocycles. The Morgan fingerprint density at radius 2 is 2.00 bits per heavy atom. The van der Waals surface area contributed by atoms with Crippen LogP contribution >= 0.6 is 0 Å². The van der Waals surface area contributed by atoms with Crippen molar-refractivity contribution < 1.29 is 13.2 Å². The molecule has 1 heterocycles. The van der Waals surface area contributed by atoms with E-state index in [-0.39, 0.29) is 18.1 Å². The van der Waals surface area contributed by atoms with E-state index in [0.29, 0.717) is 0 Å². The third-order valence-electron chi connectivity index (χ3n) is 1.51. The average molecular weight is 216 g/mol. The zero-order chi connectivity index (χ0) is 11.3. The molecule has 0 amide bonds. The highest BCUT2D eigenvalue weighted by Crippen LogP contribution is 2.19. The van der Waals surface area contributed by atoms with Crippen LogP contribution in [0.2, 0.25) is 0 Å². The lowest BCUT2D eigenvalue weighted by Gasteiger charge is -2.08. The highest BCUT2D eigenvalue weighted by atomic mass is 19.4. The van der Waals surface area contributed by atoms with Crippen LogP contribution in [-0.4, -0.2) is 22.7 Å². The number of alkyl halides is 3. The molecule has 7 heteroatoms. The van der Waals surface area contributed by atoms with E-state index in [1.54, 1.807) is 6.07 Å². The Labute approximate surface area is 83.8 Å². The van der Waals surface area contributed by atoms with Gasteiger partial charge in [0.25, 0.3) is 0 Å². The summed E-state index contributed by atoms with van der Waals surface area (Å²) in [4.78, 5) is 7.35. The molecule has 0 spiro atoms. The number of halogens is 3. The van der Waals surface area contributed by atoms with Crippen molar-refractivity contribution >= 4 is 5.82 Å². The van der Waals surface area contributed by atoms with Gasteiger partial charge in [-0.2, -0.15) is 18.4 Å². The van der Waals surface area contributed by atoms with Crippen LogP contribution in [-0.2, 0) is 0 Å². The Kier molecular flexibility index (Phi) is 3.44. The molecule has 0 aliphatic carbocycles. The molecular formula is C8H7F3N4. The van der Waals surface area contributed by atoms with Gasteiger partial charge in [0.1, 0.15) is 6.07 Å². The maximum absolute atomic E-state index is 11.8. The largest absolute Gasteiger partial charge is 0.390 e. The van der Waals surface area contributed by atoms with Crippen LogP contribution in [0.15, 0.2) is 12.4 Å². The van der Waals surface area contributed by atoms with Gasteiger partial charge in [0.15, 0.2) is 11.5 Å². The maximum atomic E-state index is 11.8. The van der Waals surface area contributed by atoms with Gasteiger partial charge in [0.05, 0.1) is 6.42 Å². The SMILES string of the molecule is N#Cc1nccnc1NCCC(F)(F)F. The maximum Gasteiger partial charge on any atom is 0.390 e. The van der Waals surface area contributed by atoms with Crippen LogP contribution in [0, 0.1) is 11.3 Å². The predicted molar refractivity (Wildman–Crippen MR) is 45.9 cm³/mol. The fourth-order valence-electron chi connectivity index (χ4n) is 0.872. The monoisotopic (exact) mass is 216 g/mol. The number of nitriles is 1. The van der Waals surface area contributed by atoms with Crippen molar-refractivity contribution in [3.63, 3.8) is 0 Å². The van der Waals surface area contributed by atoms with Gasteiger partial charge in [0, 0.05) is 18.9 Å². The molecule has 0 fully saturated rings. The molecule has 1 N–H and O–H groups in total. The summed E-state index contributed by atoms with van der Waals surface area (Å²) < 4.78 is 35.4. The minimum atomic E-state index is -4.22. The zero-order valence-electron chi connectivity index (χ0n) is 7.54. The standard InChI is InChI=1S/C8H7F3N4/c9-8(10,11)1-2-14-7-6(5-12)13-3-4-15-7/h3-4H,1-2H2,(H,14,15). The molecule has 4 nitrogen and oxygen atoms in total. The smallest absolute Gasteiger partial charge is 0.367 e. The minimum Gasteiger partial charge on any atom is -0.367 e. The normalized spacial score (nSPS) is 10.8. The molecule has 1 rings (SSSR count). The van der Waals surface area contributed by atoms with Gasteiger partial charge >= 0.3 is 6.18 Å². The number of hydrogen-bond donors (Lipinski definition) is 1. The van der Waals surface area contributed by atoms with Crippen molar-refractivity contribution in [1.29, 1.82) is 5.26 Å². The van der Waals surface area contributed by atoms with Crippen molar-refractivity contribution in [2.24, 2.45) is 0 Å². The molecule has 0 unspecified atom stereocenters. The molecule has 80 valence electrons. The van der Waals surface area contributed by atoms with Gasteiger partial charge < -0.3 is 5.32 Å². The first-order chi connectivity index (χ1) is 7.03. The van der Waals surface area contributed by atoms with E-state index in [4.69, 9.17) is 5.26 Å². The van der Waals surface area contributed by atoms with Crippen molar-refractivity contribution in [1.82, 2.24) is 9.97 Å². The Balaban J connectivity index is 2.55. The molecule has 15 heavy (non-hydrogen) atoms. The van der Waals surface area contributed by atoms with E-state index in [9.17, 15) is 13.2 Å². The van der Waals surface area contributed by atoms with Gasteiger partial charge in [-0.15, -0.1) is 0 Å². The van der Waals surface area contributed by atoms with Gasteiger partial charge in [0.2, 0.25) is 0 Å². The van der Waals surface area contributed by atoms with Crippen LogP contribution in [0.5, 0.6) is 0 Å². The summed E-state index contributed by atoms with van der Waals surface area (Å²) >= 11 is 0. The van der Waals surface area contributed by atoms with Crippen LogP contribution in [0.25, 0.3) is 0 Å². The first kappa shape index (κ1) is 11.2. The minimum absolute atomic E-state index is 0.0142. The highest BCUT2D eigenvalue weighted by molar-refractivity contribution is 5.46. The summed E-state index contributed by atoms with van der Waals surface area (Å²) in [5, 5.41) is 11.0. The average Bonchev–Trinajstić information content (AvgIpc) is 2.16. The first-order valence-electron chi connectivity index (χ1n) is 4.04. The number of nitrogens with one attached hydrogen (secondary N) is 1. The van der Waals surface area contributed by atoms with Crippen molar-refractivity contribution in [3.8, 4) is 6.07 Å². The summed E-state index contributed by atoms with van der Waals surface area (Å²) in [6, 6.07) is 1.73. The highest BCUT2D eigenvalue weighted by Gasteiger charge is 2.26. The van der Waals surface area contributed by atoms with E-state index in [1.807, 2.05) is 0 Å². The van der Waals surface area contributed by atoms with Crippen LogP contribution < -0.4 is 5.32 Å². The lowest BCUT2D eigenvalue weighted by Crippen LogP contribution is -2.15. The lowest BCUT2D eigenvalue weighted by molar-refractivity contribution is -0.131. The molecule has 0 aliphatic heterocycles. The fraction of sp³-hybridized carbons (Fsp3) is 0.375. The summed E-state index contributed by atoms with van der Waals surface area (Å²) in [5.41, 5.74) is -0.0142. The molecular weight excluding hydrogens is 209 g/mol. The summed E-state index contributed by atoms with van der Waals surface area (Å²) in [6.45, 7) is -0.323. The molecule has 0 saturated heterocycles. The molecule has 1 aromatic rings. The van der Waals surface area contributed by atoms with E-state index in [0.717, 1.165) is 0 Å². The second-order valence-corrected chi connectivity index (χ2v) is 2.66. The molecule has 0 radical (unpaired) electrons. The fourth-order valence-corrected chi connectivity index (χ4v) is 0.872. The number of rotatable bonds is 3. The third-order valence-corrected chi connectivity index (χ3v) is 1.51. The Morgan fingerprint density at radius 1 is 1.33 bits per heavy atom. The number of nitrogens with zero attached hydrogens (tertiary/aromatic N) is 3. The topological polar surface area (TPSA) is 61.6 Å². The van der Waals surface area contributed by atoms with Crippen molar-refractivity contribution in [3.05, 3.63) is 18.1 Å². The molecule has 0 aliphatic rings. The number of anilines is 1. The quantitative estimate of drug-likeness (QED) is 0.835. The van der Waals surface area contributed by atoms with Crippen LogP contribution in [0.1, 0.15) is 12.1 Å². The van der Waals surface area contributed by atoms with E-state index < -0.39 is 12.6 Å². The summed E-state index contributed by atoms with van der Waals surface area (Å²) in [7, 11) is 0. The number of aromatic nitrogens is 2. The second-order valence-electron chi connectivity index (χ2n) is 2.66. The predicted octanol–water partition coefficient (Wildman–Crippen LogP) is 1.71. The Bertz CT molecular complexity index is 369. The van der Waals surface area contributed by atoms with Crippen molar-refractivity contribution in [2.75, 3.05) is 11.9 Å². The Hall–Kier alpha value is -1.84. The summed E-state index contributed by atoms with van der Waals surface area (Å²) in [6.07, 6.45) is -2.60. The number of hydrogen-bond acceptors (Lipinski definition) is 4. The second kappa shape index (κ2) is 4.59. The van der Waals surface area contributed by atoms with E-state index >= 15 is 0 Å². The third kappa shape index (κ3) is 3.81.